The molecule has 1 fully saturated rings. The Labute approximate surface area is 107 Å². The normalized spacial score (nSPS) is 31.4. The molecule has 0 aromatic carbocycles. The van der Waals surface area contributed by atoms with Gasteiger partial charge in [-0.15, -0.1) is 0 Å². The van der Waals surface area contributed by atoms with Gasteiger partial charge in [-0.1, -0.05) is 39.8 Å². The molecule has 98 valence electrons. The second-order valence-electron chi connectivity index (χ2n) is 6.85. The van der Waals surface area contributed by atoms with E-state index in [0.717, 1.165) is 35.5 Å². The first kappa shape index (κ1) is 13.1. The molecule has 2 aliphatic rings. The summed E-state index contributed by atoms with van der Waals surface area (Å²) in [6.45, 7) is 11.9. The molecule has 2 aliphatic carbocycles. The van der Waals surface area contributed by atoms with E-state index in [-0.39, 0.29) is 0 Å². The fraction of sp³-hybridized carbons (Fsp3) is 0.875. The van der Waals surface area contributed by atoms with Crippen molar-refractivity contribution in [1.82, 2.24) is 5.32 Å². The number of fused-ring (bicyclic) bond motifs is 2. The Balaban J connectivity index is 1.70. The van der Waals surface area contributed by atoms with Gasteiger partial charge < -0.3 is 5.32 Å². The summed E-state index contributed by atoms with van der Waals surface area (Å²) in [5, 5.41) is 3.74. The molecule has 1 saturated carbocycles. The number of allylic oxidation sites excluding steroid dienone is 2. The zero-order chi connectivity index (χ0) is 12.4. The summed E-state index contributed by atoms with van der Waals surface area (Å²) in [5.41, 5.74) is 0. The van der Waals surface area contributed by atoms with Gasteiger partial charge in [-0.25, -0.2) is 0 Å². The summed E-state index contributed by atoms with van der Waals surface area (Å²) in [4.78, 5) is 0. The van der Waals surface area contributed by atoms with Gasteiger partial charge in [0.1, 0.15) is 0 Å². The average Bonchev–Trinajstić information content (AvgIpc) is 2.84. The molecular weight excluding hydrogens is 206 g/mol. The highest BCUT2D eigenvalue weighted by atomic mass is 14.9. The van der Waals surface area contributed by atoms with Crippen LogP contribution in [-0.2, 0) is 0 Å². The second kappa shape index (κ2) is 5.56. The fourth-order valence-corrected chi connectivity index (χ4v) is 3.81. The zero-order valence-electron chi connectivity index (χ0n) is 11.9. The summed E-state index contributed by atoms with van der Waals surface area (Å²) < 4.78 is 0. The van der Waals surface area contributed by atoms with Crippen LogP contribution in [0.25, 0.3) is 0 Å². The molecule has 2 bridgehead atoms. The largest absolute Gasteiger partial charge is 0.316 e. The van der Waals surface area contributed by atoms with Crippen LogP contribution in [0.5, 0.6) is 0 Å². The number of hydrogen-bond donors (Lipinski definition) is 1. The zero-order valence-corrected chi connectivity index (χ0v) is 11.9. The predicted molar refractivity (Wildman–Crippen MR) is 74.9 cm³/mol. The van der Waals surface area contributed by atoms with Crippen LogP contribution in [-0.4, -0.2) is 13.1 Å². The third-order valence-electron chi connectivity index (χ3n) is 4.92. The van der Waals surface area contributed by atoms with Gasteiger partial charge in [0.15, 0.2) is 0 Å². The predicted octanol–water partition coefficient (Wildman–Crippen LogP) is 3.72. The third-order valence-corrected chi connectivity index (χ3v) is 4.92. The molecule has 0 amide bonds. The van der Waals surface area contributed by atoms with Gasteiger partial charge in [0, 0.05) is 0 Å². The van der Waals surface area contributed by atoms with Crippen molar-refractivity contribution in [3.63, 3.8) is 0 Å². The molecule has 0 spiro atoms. The van der Waals surface area contributed by atoms with Crippen LogP contribution in [0.2, 0.25) is 0 Å². The lowest BCUT2D eigenvalue weighted by molar-refractivity contribution is 0.266. The van der Waals surface area contributed by atoms with E-state index in [0.29, 0.717) is 0 Å². The molecule has 0 radical (unpaired) electrons. The smallest absolute Gasteiger partial charge is 0.00146 e. The first-order chi connectivity index (χ1) is 8.08. The maximum atomic E-state index is 3.74. The van der Waals surface area contributed by atoms with Crippen molar-refractivity contribution >= 4 is 0 Å². The summed E-state index contributed by atoms with van der Waals surface area (Å²) in [5.74, 6) is 5.14. The van der Waals surface area contributed by atoms with Crippen molar-refractivity contribution in [3.05, 3.63) is 12.2 Å². The van der Waals surface area contributed by atoms with Gasteiger partial charge in [0.25, 0.3) is 0 Å². The molecule has 3 atom stereocenters. The summed E-state index contributed by atoms with van der Waals surface area (Å²) >= 11 is 0. The minimum atomic E-state index is 0.794. The van der Waals surface area contributed by atoms with Crippen molar-refractivity contribution < 1.29 is 0 Å². The highest BCUT2D eigenvalue weighted by Crippen LogP contribution is 2.42. The van der Waals surface area contributed by atoms with E-state index in [1.165, 1.54) is 25.9 Å². The van der Waals surface area contributed by atoms with Crippen molar-refractivity contribution in [2.24, 2.45) is 35.5 Å². The molecule has 1 heteroatoms. The summed E-state index contributed by atoms with van der Waals surface area (Å²) in [7, 11) is 0. The van der Waals surface area contributed by atoms with Crippen LogP contribution in [0.15, 0.2) is 12.2 Å². The Kier molecular flexibility index (Phi) is 4.30. The minimum Gasteiger partial charge on any atom is -0.316 e. The molecule has 2 rings (SSSR count). The van der Waals surface area contributed by atoms with Crippen molar-refractivity contribution in [1.29, 1.82) is 0 Å². The Hall–Kier alpha value is -0.300. The van der Waals surface area contributed by atoms with E-state index in [1.54, 1.807) is 0 Å². The molecule has 3 unspecified atom stereocenters. The lowest BCUT2D eigenvalue weighted by atomic mass is 9.85. The lowest BCUT2D eigenvalue weighted by Crippen LogP contribution is -2.33. The van der Waals surface area contributed by atoms with E-state index >= 15 is 0 Å². The SMILES string of the molecule is CC(C)C(CNCC1CC2C=CC1C2)C(C)C. The van der Waals surface area contributed by atoms with Gasteiger partial charge in [0.2, 0.25) is 0 Å². The van der Waals surface area contributed by atoms with E-state index in [1.807, 2.05) is 0 Å². The van der Waals surface area contributed by atoms with E-state index in [2.05, 4.69) is 45.2 Å². The van der Waals surface area contributed by atoms with Crippen LogP contribution in [0.3, 0.4) is 0 Å². The Morgan fingerprint density at radius 2 is 1.76 bits per heavy atom. The molecule has 0 aromatic heterocycles. The monoisotopic (exact) mass is 235 g/mol. The molecule has 0 aromatic rings. The highest BCUT2D eigenvalue weighted by molar-refractivity contribution is 5.10. The van der Waals surface area contributed by atoms with E-state index in [9.17, 15) is 0 Å². The molecular formula is C16H29N. The molecule has 0 aliphatic heterocycles. The van der Waals surface area contributed by atoms with Crippen LogP contribution >= 0.6 is 0 Å². The van der Waals surface area contributed by atoms with Crippen molar-refractivity contribution in [3.8, 4) is 0 Å². The fourth-order valence-electron chi connectivity index (χ4n) is 3.81. The van der Waals surface area contributed by atoms with E-state index < -0.39 is 0 Å². The number of rotatable bonds is 6. The average molecular weight is 235 g/mol. The first-order valence-corrected chi connectivity index (χ1v) is 7.47. The molecule has 1 N–H and O–H groups in total. The third kappa shape index (κ3) is 3.13. The van der Waals surface area contributed by atoms with Gasteiger partial charge in [-0.2, -0.15) is 0 Å². The first-order valence-electron chi connectivity index (χ1n) is 7.47. The van der Waals surface area contributed by atoms with Gasteiger partial charge in [0.05, 0.1) is 0 Å². The van der Waals surface area contributed by atoms with Gasteiger partial charge in [-0.05, 0) is 61.4 Å². The van der Waals surface area contributed by atoms with E-state index in [4.69, 9.17) is 0 Å². The minimum absolute atomic E-state index is 0.794. The highest BCUT2D eigenvalue weighted by Gasteiger charge is 2.35. The molecule has 17 heavy (non-hydrogen) atoms. The molecule has 0 saturated heterocycles. The molecule has 1 nitrogen and oxygen atoms in total. The molecule has 0 heterocycles. The van der Waals surface area contributed by atoms with Crippen LogP contribution in [0.1, 0.15) is 40.5 Å². The number of hydrogen-bond acceptors (Lipinski definition) is 1. The number of nitrogens with one attached hydrogen (secondary N) is 1. The second-order valence-corrected chi connectivity index (χ2v) is 6.85. The standard InChI is InChI=1S/C16H29N/c1-11(2)16(12(3)4)10-17-9-15-8-13-5-6-14(15)7-13/h5-6,11-17H,7-10H2,1-4H3. The maximum absolute atomic E-state index is 3.74. The summed E-state index contributed by atoms with van der Waals surface area (Å²) in [6, 6.07) is 0. The lowest BCUT2D eigenvalue weighted by Gasteiger charge is -2.27. The Bertz CT molecular complexity index is 259. The van der Waals surface area contributed by atoms with Crippen LogP contribution < -0.4 is 5.32 Å². The van der Waals surface area contributed by atoms with Crippen LogP contribution in [0, 0.1) is 35.5 Å². The topological polar surface area (TPSA) is 12.0 Å². The Morgan fingerprint density at radius 1 is 1.06 bits per heavy atom. The van der Waals surface area contributed by atoms with Crippen molar-refractivity contribution in [2.75, 3.05) is 13.1 Å². The quantitative estimate of drug-likeness (QED) is 0.692. The summed E-state index contributed by atoms with van der Waals surface area (Å²) in [6.07, 6.45) is 7.77. The Morgan fingerprint density at radius 3 is 2.24 bits per heavy atom. The van der Waals surface area contributed by atoms with Crippen LogP contribution in [0.4, 0.5) is 0 Å². The van der Waals surface area contributed by atoms with Gasteiger partial charge >= 0.3 is 0 Å². The van der Waals surface area contributed by atoms with Gasteiger partial charge in [-0.3, -0.25) is 0 Å². The maximum Gasteiger partial charge on any atom is -0.00146 e. The van der Waals surface area contributed by atoms with Crippen molar-refractivity contribution in [2.45, 2.75) is 40.5 Å².